The van der Waals surface area contributed by atoms with Crippen LogP contribution in [-0.4, -0.2) is 17.9 Å². The lowest BCUT2D eigenvalue weighted by Gasteiger charge is -2.29. The minimum Gasteiger partial charge on any atom is -0.330 e. The summed E-state index contributed by atoms with van der Waals surface area (Å²) in [4.78, 5) is 14.4. The fraction of sp³-hybridized carbons (Fsp3) is 0.0952. The molecular weight excluding hydrogens is 301 g/mol. The molecule has 120 valence electrons. The lowest BCUT2D eigenvalue weighted by molar-refractivity contribution is 0.0750. The monoisotopic (exact) mass is 319 g/mol. The smallest absolute Gasteiger partial charge is 0.257 e. The molecule has 0 saturated heterocycles. The van der Waals surface area contributed by atoms with Crippen molar-refractivity contribution in [3.63, 3.8) is 0 Å². The molecule has 2 nitrogen and oxygen atoms in total. The van der Waals surface area contributed by atoms with Crippen LogP contribution in [0.15, 0.2) is 84.9 Å². The van der Waals surface area contributed by atoms with Gasteiger partial charge in [-0.15, -0.1) is 0 Å². The molecule has 0 heterocycles. The highest BCUT2D eigenvalue weighted by Crippen LogP contribution is 2.29. The number of amides is 1. The molecule has 0 bridgehead atoms. The van der Waals surface area contributed by atoms with Gasteiger partial charge in [-0.2, -0.15) is 0 Å². The van der Waals surface area contributed by atoms with Gasteiger partial charge in [0.15, 0.2) is 0 Å². The molecule has 0 spiro atoms. The van der Waals surface area contributed by atoms with E-state index < -0.39 is 5.82 Å². The Morgan fingerprint density at radius 1 is 0.792 bits per heavy atom. The Labute approximate surface area is 141 Å². The maximum atomic E-state index is 14.0. The molecule has 3 rings (SSSR count). The Kier molecular flexibility index (Phi) is 4.71. The van der Waals surface area contributed by atoms with Gasteiger partial charge in [0.1, 0.15) is 5.82 Å². The van der Waals surface area contributed by atoms with Gasteiger partial charge in [0.05, 0.1) is 11.6 Å². The maximum absolute atomic E-state index is 14.0. The number of carbonyl (C=O) groups is 1. The van der Waals surface area contributed by atoms with E-state index in [1.54, 1.807) is 24.1 Å². The summed E-state index contributed by atoms with van der Waals surface area (Å²) in [5.74, 6) is -0.847. The first-order valence-electron chi connectivity index (χ1n) is 7.80. The molecular formula is C21H18FNO. The second-order valence-corrected chi connectivity index (χ2v) is 5.62. The van der Waals surface area contributed by atoms with Gasteiger partial charge in [-0.3, -0.25) is 4.79 Å². The summed E-state index contributed by atoms with van der Waals surface area (Å²) in [5.41, 5.74) is 2.05. The number of hydrogen-bond acceptors (Lipinski definition) is 1. The first kappa shape index (κ1) is 15.9. The third-order valence-corrected chi connectivity index (χ3v) is 4.04. The standard InChI is InChI=1S/C21H18FNO/c1-23(21(24)18-14-8-9-15-19(18)22)20(16-10-4-2-5-11-16)17-12-6-3-7-13-17/h2-15,20H,1H3. The van der Waals surface area contributed by atoms with Gasteiger partial charge in [-0.05, 0) is 23.3 Å². The molecule has 0 aromatic heterocycles. The van der Waals surface area contributed by atoms with Crippen LogP contribution in [0.1, 0.15) is 27.5 Å². The Morgan fingerprint density at radius 2 is 1.25 bits per heavy atom. The van der Waals surface area contributed by atoms with Crippen molar-refractivity contribution in [1.82, 2.24) is 4.90 Å². The number of hydrogen-bond donors (Lipinski definition) is 0. The van der Waals surface area contributed by atoms with Crippen molar-refractivity contribution in [1.29, 1.82) is 0 Å². The summed E-state index contributed by atoms with van der Waals surface area (Å²) in [6.45, 7) is 0. The van der Waals surface area contributed by atoms with Crippen LogP contribution >= 0.6 is 0 Å². The summed E-state index contributed by atoms with van der Waals surface area (Å²) >= 11 is 0. The number of nitrogens with zero attached hydrogens (tertiary/aromatic N) is 1. The Hall–Kier alpha value is -2.94. The molecule has 0 aliphatic heterocycles. The zero-order chi connectivity index (χ0) is 16.9. The van der Waals surface area contributed by atoms with Crippen molar-refractivity contribution >= 4 is 5.91 Å². The molecule has 0 aliphatic carbocycles. The van der Waals surface area contributed by atoms with Gasteiger partial charge in [-0.25, -0.2) is 4.39 Å². The normalized spacial score (nSPS) is 10.6. The zero-order valence-corrected chi connectivity index (χ0v) is 13.4. The van der Waals surface area contributed by atoms with Crippen LogP contribution in [0.3, 0.4) is 0 Å². The molecule has 0 fully saturated rings. The summed E-state index contributed by atoms with van der Waals surface area (Å²) in [5, 5.41) is 0. The van der Waals surface area contributed by atoms with Gasteiger partial charge in [0, 0.05) is 7.05 Å². The van der Waals surface area contributed by atoms with Crippen molar-refractivity contribution in [2.45, 2.75) is 6.04 Å². The minimum atomic E-state index is -0.505. The molecule has 0 unspecified atom stereocenters. The Morgan fingerprint density at radius 3 is 1.75 bits per heavy atom. The van der Waals surface area contributed by atoms with Crippen molar-refractivity contribution in [3.05, 3.63) is 107 Å². The summed E-state index contributed by atoms with van der Waals surface area (Å²) in [6.07, 6.45) is 0. The van der Waals surface area contributed by atoms with Crippen LogP contribution in [0, 0.1) is 5.82 Å². The van der Waals surface area contributed by atoms with E-state index in [9.17, 15) is 9.18 Å². The molecule has 3 heteroatoms. The Bertz CT molecular complexity index is 778. The zero-order valence-electron chi connectivity index (χ0n) is 13.4. The van der Waals surface area contributed by atoms with E-state index >= 15 is 0 Å². The van der Waals surface area contributed by atoms with Gasteiger partial charge < -0.3 is 4.90 Å². The molecule has 0 N–H and O–H groups in total. The van der Waals surface area contributed by atoms with E-state index in [0.717, 1.165) is 11.1 Å². The van der Waals surface area contributed by atoms with E-state index in [1.807, 2.05) is 60.7 Å². The fourth-order valence-electron chi connectivity index (χ4n) is 2.85. The predicted octanol–water partition coefficient (Wildman–Crippen LogP) is 4.69. The minimum absolute atomic E-state index is 0.0804. The molecule has 0 radical (unpaired) electrons. The fourth-order valence-corrected chi connectivity index (χ4v) is 2.85. The van der Waals surface area contributed by atoms with Gasteiger partial charge in [0.25, 0.3) is 5.91 Å². The SMILES string of the molecule is CN(C(=O)c1ccccc1F)C(c1ccccc1)c1ccccc1. The van der Waals surface area contributed by atoms with E-state index in [0.29, 0.717) is 0 Å². The number of halogens is 1. The van der Waals surface area contributed by atoms with Crippen LogP contribution in [0.4, 0.5) is 4.39 Å². The molecule has 24 heavy (non-hydrogen) atoms. The highest BCUT2D eigenvalue weighted by Gasteiger charge is 2.25. The highest BCUT2D eigenvalue weighted by molar-refractivity contribution is 5.94. The van der Waals surface area contributed by atoms with E-state index in [2.05, 4.69) is 0 Å². The number of rotatable bonds is 4. The van der Waals surface area contributed by atoms with Crippen LogP contribution in [0.2, 0.25) is 0 Å². The summed E-state index contributed by atoms with van der Waals surface area (Å²) < 4.78 is 14.0. The van der Waals surface area contributed by atoms with Gasteiger partial charge >= 0.3 is 0 Å². The average Bonchev–Trinajstić information content (AvgIpc) is 2.63. The van der Waals surface area contributed by atoms with Gasteiger partial charge in [0.2, 0.25) is 0 Å². The van der Waals surface area contributed by atoms with Crippen LogP contribution in [0.25, 0.3) is 0 Å². The first-order chi connectivity index (χ1) is 11.7. The van der Waals surface area contributed by atoms with Crippen LogP contribution in [0.5, 0.6) is 0 Å². The largest absolute Gasteiger partial charge is 0.330 e. The van der Waals surface area contributed by atoms with Crippen molar-refractivity contribution in [3.8, 4) is 0 Å². The number of benzene rings is 3. The first-order valence-corrected chi connectivity index (χ1v) is 7.80. The molecule has 3 aromatic rings. The molecule has 0 saturated carbocycles. The van der Waals surface area contributed by atoms with Crippen LogP contribution < -0.4 is 0 Å². The molecule has 3 aromatic carbocycles. The molecule has 1 amide bonds. The Balaban J connectivity index is 2.03. The summed E-state index contributed by atoms with van der Waals surface area (Å²) in [7, 11) is 1.71. The van der Waals surface area contributed by atoms with Crippen molar-refractivity contribution < 1.29 is 9.18 Å². The van der Waals surface area contributed by atoms with Crippen LogP contribution in [-0.2, 0) is 0 Å². The molecule has 0 atom stereocenters. The van der Waals surface area contributed by atoms with E-state index in [-0.39, 0.29) is 17.5 Å². The lowest BCUT2D eigenvalue weighted by atomic mass is 9.97. The highest BCUT2D eigenvalue weighted by atomic mass is 19.1. The average molecular weight is 319 g/mol. The van der Waals surface area contributed by atoms with Crippen molar-refractivity contribution in [2.75, 3.05) is 7.05 Å². The predicted molar refractivity (Wildman–Crippen MR) is 93.2 cm³/mol. The quantitative estimate of drug-likeness (QED) is 0.683. The topological polar surface area (TPSA) is 20.3 Å². The third kappa shape index (κ3) is 3.20. The lowest BCUT2D eigenvalue weighted by Crippen LogP contribution is -2.32. The van der Waals surface area contributed by atoms with E-state index in [4.69, 9.17) is 0 Å². The van der Waals surface area contributed by atoms with E-state index in [1.165, 1.54) is 12.1 Å². The van der Waals surface area contributed by atoms with Crippen molar-refractivity contribution in [2.24, 2.45) is 0 Å². The maximum Gasteiger partial charge on any atom is 0.257 e. The third-order valence-electron chi connectivity index (χ3n) is 4.04. The summed E-state index contributed by atoms with van der Waals surface area (Å²) in [6, 6.07) is 25.3. The second-order valence-electron chi connectivity index (χ2n) is 5.62. The second kappa shape index (κ2) is 7.09. The molecule has 0 aliphatic rings. The number of carbonyl (C=O) groups excluding carboxylic acids is 1. The van der Waals surface area contributed by atoms with Gasteiger partial charge in [-0.1, -0.05) is 72.8 Å².